The Bertz CT molecular complexity index is 1310. The Morgan fingerprint density at radius 1 is 1.16 bits per heavy atom. The number of carbonyl (C=O) groups excluding carboxylic acids is 1. The molecule has 2 aromatic rings. The molecular formula is C24H30N4O6S3. The molecule has 0 spiro atoms. The van der Waals surface area contributed by atoms with E-state index >= 15 is 0 Å². The minimum Gasteiger partial charge on any atom is -0.384 e. The van der Waals surface area contributed by atoms with Gasteiger partial charge in [0.25, 0.3) is 16.0 Å². The van der Waals surface area contributed by atoms with Crippen molar-refractivity contribution in [3.05, 3.63) is 48.8 Å². The molecule has 1 fully saturated rings. The second-order valence-corrected chi connectivity index (χ2v) is 13.5. The summed E-state index contributed by atoms with van der Waals surface area (Å²) in [6, 6.07) is 12.0. The number of rotatable bonds is 12. The fraction of sp³-hybridized carbons (Fsp3) is 0.458. The lowest BCUT2D eigenvalue weighted by Crippen LogP contribution is -2.57. The number of hydrogen-bond donors (Lipinski definition) is 2. The van der Waals surface area contributed by atoms with Crippen LogP contribution in [0, 0.1) is 17.2 Å². The lowest BCUT2D eigenvalue weighted by atomic mass is 9.75. The second-order valence-electron chi connectivity index (χ2n) is 8.72. The van der Waals surface area contributed by atoms with Crippen LogP contribution in [0.15, 0.2) is 58.6 Å². The van der Waals surface area contributed by atoms with Gasteiger partial charge in [0.05, 0.1) is 23.0 Å². The first-order valence-electron chi connectivity index (χ1n) is 11.7. The van der Waals surface area contributed by atoms with Gasteiger partial charge in [0.2, 0.25) is 0 Å². The molecule has 1 saturated carbocycles. The minimum absolute atomic E-state index is 0.0423. The van der Waals surface area contributed by atoms with E-state index in [1.54, 1.807) is 42.4 Å². The Morgan fingerprint density at radius 2 is 1.86 bits per heavy atom. The molecule has 1 aliphatic carbocycles. The summed E-state index contributed by atoms with van der Waals surface area (Å²) in [5.74, 6) is -1.37. The van der Waals surface area contributed by atoms with Crippen LogP contribution in [-0.2, 0) is 28.9 Å². The van der Waals surface area contributed by atoms with E-state index in [2.05, 4.69) is 15.6 Å². The maximum absolute atomic E-state index is 13.3. The summed E-state index contributed by atoms with van der Waals surface area (Å²) in [5, 5.41) is 14.5. The maximum atomic E-state index is 13.3. The van der Waals surface area contributed by atoms with Gasteiger partial charge >= 0.3 is 0 Å². The highest BCUT2D eigenvalue weighted by molar-refractivity contribution is 7.99. The lowest BCUT2D eigenvalue weighted by molar-refractivity contribution is -0.143. The third-order valence-corrected chi connectivity index (χ3v) is 9.45. The van der Waals surface area contributed by atoms with Crippen molar-refractivity contribution in [1.29, 1.82) is 5.26 Å². The van der Waals surface area contributed by atoms with Crippen molar-refractivity contribution in [1.82, 2.24) is 10.3 Å². The zero-order valence-electron chi connectivity index (χ0n) is 20.4. The van der Waals surface area contributed by atoms with Gasteiger partial charge in [-0.1, -0.05) is 6.42 Å². The number of benzene rings is 1. The number of sulfone groups is 1. The Balaban J connectivity index is 1.70. The number of aromatic nitrogens is 1. The van der Waals surface area contributed by atoms with E-state index in [-0.39, 0.29) is 17.9 Å². The lowest BCUT2D eigenvalue weighted by Gasteiger charge is -2.41. The van der Waals surface area contributed by atoms with E-state index < -0.39 is 43.1 Å². The van der Waals surface area contributed by atoms with Crippen LogP contribution in [0.25, 0.3) is 0 Å². The molecule has 1 amide bonds. The van der Waals surface area contributed by atoms with Crippen LogP contribution in [0.5, 0.6) is 0 Å². The van der Waals surface area contributed by atoms with E-state index in [1.165, 1.54) is 12.1 Å². The molecule has 1 heterocycles. The molecule has 2 N–H and O–H groups in total. The molecule has 1 aromatic heterocycles. The van der Waals surface area contributed by atoms with Gasteiger partial charge in [0.1, 0.15) is 6.54 Å². The van der Waals surface area contributed by atoms with Crippen LogP contribution in [0.1, 0.15) is 25.7 Å². The minimum atomic E-state index is -4.09. The molecule has 3 rings (SSSR count). The molecule has 1 aromatic carbocycles. The third-order valence-electron chi connectivity index (χ3n) is 6.01. The van der Waals surface area contributed by atoms with Crippen molar-refractivity contribution in [3.63, 3.8) is 0 Å². The zero-order chi connectivity index (χ0) is 26.9. The molecule has 200 valence electrons. The van der Waals surface area contributed by atoms with Crippen molar-refractivity contribution in [2.75, 3.05) is 36.2 Å². The molecule has 13 heteroatoms. The Morgan fingerprint density at radius 3 is 2.51 bits per heavy atom. The van der Waals surface area contributed by atoms with Crippen LogP contribution < -0.4 is 10.6 Å². The Kier molecular flexibility index (Phi) is 9.94. The van der Waals surface area contributed by atoms with Crippen molar-refractivity contribution in [2.45, 2.75) is 41.1 Å². The third kappa shape index (κ3) is 8.16. The molecule has 2 atom stereocenters. The predicted octanol–water partition coefficient (Wildman–Crippen LogP) is 2.60. The SMILES string of the molecule is CS(=O)(=O)OC1(C(=O)NCC#N)CCCCC1CS(=O)(=O)c1ccc(SCCNc2ccncc2)cc1. The number of nitriles is 1. The molecule has 0 radical (unpaired) electrons. The van der Waals surface area contributed by atoms with Crippen molar-refractivity contribution >= 4 is 43.3 Å². The number of pyridine rings is 1. The van der Waals surface area contributed by atoms with Gasteiger partial charge in [-0.15, -0.1) is 11.8 Å². The quantitative estimate of drug-likeness (QED) is 0.169. The van der Waals surface area contributed by atoms with E-state index in [1.807, 2.05) is 12.1 Å². The van der Waals surface area contributed by atoms with Crippen LogP contribution in [0.2, 0.25) is 0 Å². The van der Waals surface area contributed by atoms with Crippen molar-refractivity contribution in [2.24, 2.45) is 5.92 Å². The van der Waals surface area contributed by atoms with Crippen LogP contribution in [-0.4, -0.2) is 64.2 Å². The van der Waals surface area contributed by atoms with Gasteiger partial charge in [-0.3, -0.25) is 14.0 Å². The summed E-state index contributed by atoms with van der Waals surface area (Å²) >= 11 is 1.57. The molecule has 0 bridgehead atoms. The van der Waals surface area contributed by atoms with Gasteiger partial charge in [-0.05, 0) is 55.7 Å². The smallest absolute Gasteiger partial charge is 0.265 e. The molecule has 1 aliphatic rings. The summed E-state index contributed by atoms with van der Waals surface area (Å²) in [7, 11) is -7.96. The van der Waals surface area contributed by atoms with Gasteiger partial charge in [-0.2, -0.15) is 13.7 Å². The maximum Gasteiger partial charge on any atom is 0.265 e. The first-order valence-corrected chi connectivity index (χ1v) is 16.2. The van der Waals surface area contributed by atoms with Crippen LogP contribution in [0.4, 0.5) is 5.69 Å². The number of thioether (sulfide) groups is 1. The van der Waals surface area contributed by atoms with Gasteiger partial charge < -0.3 is 10.6 Å². The number of hydrogen-bond acceptors (Lipinski definition) is 10. The largest absolute Gasteiger partial charge is 0.384 e. The summed E-state index contributed by atoms with van der Waals surface area (Å²) in [5.41, 5.74) is -0.912. The number of nitrogens with one attached hydrogen (secondary N) is 2. The van der Waals surface area contributed by atoms with E-state index in [0.29, 0.717) is 25.8 Å². The van der Waals surface area contributed by atoms with Gasteiger partial charge in [0.15, 0.2) is 15.4 Å². The second kappa shape index (κ2) is 12.7. The molecule has 2 unspecified atom stereocenters. The fourth-order valence-electron chi connectivity index (χ4n) is 4.36. The Labute approximate surface area is 222 Å². The monoisotopic (exact) mass is 566 g/mol. The van der Waals surface area contributed by atoms with Crippen molar-refractivity contribution in [3.8, 4) is 6.07 Å². The molecular weight excluding hydrogens is 536 g/mol. The standard InChI is InChI=1S/C24H30N4O6S3/c1-36(30,31)34-24(23(29)28-15-12-25)11-3-2-4-19(24)18-37(32,33)22-7-5-21(6-8-22)35-17-16-27-20-9-13-26-14-10-20/h5-10,13-14,19H,2-4,11,15-18H2,1H3,(H,26,27)(H,28,29). The normalized spacial score (nSPS) is 20.1. The highest BCUT2D eigenvalue weighted by Crippen LogP contribution is 2.40. The van der Waals surface area contributed by atoms with E-state index in [9.17, 15) is 21.6 Å². The topological polar surface area (TPSA) is 155 Å². The average Bonchev–Trinajstić information content (AvgIpc) is 2.86. The molecule has 0 aliphatic heterocycles. The van der Waals surface area contributed by atoms with Crippen LogP contribution in [0.3, 0.4) is 0 Å². The molecule has 10 nitrogen and oxygen atoms in total. The first kappa shape index (κ1) is 28.9. The highest BCUT2D eigenvalue weighted by atomic mass is 32.2. The summed E-state index contributed by atoms with van der Waals surface area (Å²) < 4.78 is 56.0. The van der Waals surface area contributed by atoms with Gasteiger partial charge in [0, 0.05) is 41.2 Å². The average molecular weight is 567 g/mol. The highest BCUT2D eigenvalue weighted by Gasteiger charge is 2.52. The zero-order valence-corrected chi connectivity index (χ0v) is 22.9. The van der Waals surface area contributed by atoms with Gasteiger partial charge in [-0.25, -0.2) is 8.42 Å². The number of carbonyl (C=O) groups is 1. The Hall–Kier alpha value is -2.66. The summed E-state index contributed by atoms with van der Waals surface area (Å²) in [6.45, 7) is 0.372. The van der Waals surface area contributed by atoms with E-state index in [0.717, 1.165) is 22.6 Å². The molecule has 37 heavy (non-hydrogen) atoms. The molecule has 0 saturated heterocycles. The summed E-state index contributed by atoms with van der Waals surface area (Å²) in [4.78, 5) is 18.0. The summed E-state index contributed by atoms with van der Waals surface area (Å²) in [6.07, 6.45) is 5.71. The first-order chi connectivity index (χ1) is 17.6. The van der Waals surface area contributed by atoms with E-state index in [4.69, 9.17) is 9.44 Å². The van der Waals surface area contributed by atoms with Crippen LogP contribution >= 0.6 is 11.8 Å². The number of anilines is 1. The van der Waals surface area contributed by atoms with Crippen molar-refractivity contribution < 1.29 is 25.8 Å². The predicted molar refractivity (Wildman–Crippen MR) is 141 cm³/mol. The number of nitrogens with zero attached hydrogens (tertiary/aromatic N) is 2. The fourth-order valence-corrected chi connectivity index (χ4v) is 7.67. The number of amides is 1.